The first-order valence-electron chi connectivity index (χ1n) is 8.72. The van der Waals surface area contributed by atoms with Gasteiger partial charge in [0.25, 0.3) is 0 Å². The molecule has 0 saturated carbocycles. The lowest BCUT2D eigenvalue weighted by atomic mass is 10.2. The van der Waals surface area contributed by atoms with Crippen LogP contribution in [0.3, 0.4) is 0 Å². The van der Waals surface area contributed by atoms with Gasteiger partial charge in [-0.3, -0.25) is 4.79 Å². The Morgan fingerprint density at radius 2 is 2.00 bits per heavy atom. The topological polar surface area (TPSA) is 62.5 Å². The highest BCUT2D eigenvalue weighted by molar-refractivity contribution is 7.08. The number of carbonyl (C=O) groups excluding carboxylic acids is 1. The minimum absolute atomic E-state index is 0.181. The average molecular weight is 368 g/mol. The Balaban J connectivity index is 1.39. The van der Waals surface area contributed by atoms with Crippen LogP contribution in [0.25, 0.3) is 11.4 Å². The molecule has 0 atom stereocenters. The second kappa shape index (κ2) is 7.70. The van der Waals surface area contributed by atoms with Gasteiger partial charge in [-0.15, -0.1) is 0 Å². The van der Waals surface area contributed by atoms with Crippen LogP contribution < -0.4 is 4.90 Å². The van der Waals surface area contributed by atoms with Crippen molar-refractivity contribution in [3.05, 3.63) is 52.7 Å². The third kappa shape index (κ3) is 3.77. The first-order chi connectivity index (χ1) is 12.8. The van der Waals surface area contributed by atoms with Crippen LogP contribution in [0.4, 0.5) is 6.01 Å². The molecule has 1 aliphatic heterocycles. The molecule has 3 aromatic rings. The van der Waals surface area contributed by atoms with E-state index < -0.39 is 0 Å². The van der Waals surface area contributed by atoms with Gasteiger partial charge in [0.15, 0.2) is 0 Å². The molecule has 1 saturated heterocycles. The van der Waals surface area contributed by atoms with E-state index in [2.05, 4.69) is 15.0 Å². The SMILES string of the molecule is O=C(Cc1ccsc1)N1CCCN(c2nc(-c3ccccc3)no2)CC1. The highest BCUT2D eigenvalue weighted by Gasteiger charge is 2.22. The maximum atomic E-state index is 12.5. The zero-order chi connectivity index (χ0) is 17.8. The van der Waals surface area contributed by atoms with Gasteiger partial charge in [0.2, 0.25) is 11.7 Å². The molecular weight excluding hydrogens is 348 g/mol. The second-order valence-electron chi connectivity index (χ2n) is 6.30. The van der Waals surface area contributed by atoms with E-state index in [0.29, 0.717) is 31.3 Å². The van der Waals surface area contributed by atoms with Gasteiger partial charge < -0.3 is 14.3 Å². The van der Waals surface area contributed by atoms with Gasteiger partial charge in [0.05, 0.1) is 6.42 Å². The van der Waals surface area contributed by atoms with E-state index in [4.69, 9.17) is 4.52 Å². The Bertz CT molecular complexity index is 848. The molecule has 4 rings (SSSR count). The van der Waals surface area contributed by atoms with Crippen molar-refractivity contribution in [3.63, 3.8) is 0 Å². The average Bonchev–Trinajstić information content (AvgIpc) is 3.30. The molecule has 0 unspecified atom stereocenters. The second-order valence-corrected chi connectivity index (χ2v) is 7.08. The number of hydrogen-bond acceptors (Lipinski definition) is 6. The summed E-state index contributed by atoms with van der Waals surface area (Å²) in [6.45, 7) is 2.94. The van der Waals surface area contributed by atoms with Crippen molar-refractivity contribution in [1.82, 2.24) is 15.0 Å². The van der Waals surface area contributed by atoms with Crippen molar-refractivity contribution in [2.24, 2.45) is 0 Å². The summed E-state index contributed by atoms with van der Waals surface area (Å²) in [5.74, 6) is 0.774. The molecular formula is C19H20N4O2S. The first kappa shape index (κ1) is 16.8. The Hall–Kier alpha value is -2.67. The van der Waals surface area contributed by atoms with Crippen molar-refractivity contribution in [3.8, 4) is 11.4 Å². The molecule has 2 aromatic heterocycles. The maximum absolute atomic E-state index is 12.5. The Morgan fingerprint density at radius 1 is 1.12 bits per heavy atom. The van der Waals surface area contributed by atoms with E-state index in [1.807, 2.05) is 52.1 Å². The van der Waals surface area contributed by atoms with E-state index in [0.717, 1.165) is 30.6 Å². The lowest BCUT2D eigenvalue weighted by Gasteiger charge is -2.20. The molecule has 6 nitrogen and oxygen atoms in total. The van der Waals surface area contributed by atoms with Gasteiger partial charge in [-0.05, 0) is 28.8 Å². The normalized spacial score (nSPS) is 15.1. The van der Waals surface area contributed by atoms with Crippen molar-refractivity contribution in [2.75, 3.05) is 31.1 Å². The van der Waals surface area contributed by atoms with Gasteiger partial charge in [0, 0.05) is 31.7 Å². The van der Waals surface area contributed by atoms with Crippen LogP contribution in [0.2, 0.25) is 0 Å². The molecule has 0 spiro atoms. The third-order valence-corrected chi connectivity index (χ3v) is 5.23. The zero-order valence-corrected chi connectivity index (χ0v) is 15.2. The highest BCUT2D eigenvalue weighted by Crippen LogP contribution is 2.21. The van der Waals surface area contributed by atoms with Gasteiger partial charge in [0.1, 0.15) is 0 Å². The Labute approximate surface area is 156 Å². The fourth-order valence-corrected chi connectivity index (χ4v) is 3.75. The molecule has 0 radical (unpaired) electrons. The van der Waals surface area contributed by atoms with Gasteiger partial charge >= 0.3 is 6.01 Å². The molecule has 7 heteroatoms. The van der Waals surface area contributed by atoms with Crippen molar-refractivity contribution < 1.29 is 9.32 Å². The minimum atomic E-state index is 0.181. The van der Waals surface area contributed by atoms with Crippen molar-refractivity contribution in [1.29, 1.82) is 0 Å². The van der Waals surface area contributed by atoms with E-state index in [9.17, 15) is 4.79 Å². The maximum Gasteiger partial charge on any atom is 0.324 e. The summed E-state index contributed by atoms with van der Waals surface area (Å²) in [5, 5.41) is 8.13. The number of anilines is 1. The Kier molecular flexibility index (Phi) is 4.97. The van der Waals surface area contributed by atoms with Crippen LogP contribution in [0.15, 0.2) is 51.7 Å². The number of hydrogen-bond donors (Lipinski definition) is 0. The van der Waals surface area contributed by atoms with Crippen LogP contribution in [0.5, 0.6) is 0 Å². The van der Waals surface area contributed by atoms with E-state index in [1.165, 1.54) is 0 Å². The standard InChI is InChI=1S/C19H20N4O2S/c24-17(13-15-7-12-26-14-15)22-8-4-9-23(11-10-22)19-20-18(21-25-19)16-5-2-1-3-6-16/h1-3,5-7,12,14H,4,8-11,13H2. The van der Waals surface area contributed by atoms with Crippen LogP contribution in [-0.2, 0) is 11.2 Å². The lowest BCUT2D eigenvalue weighted by Crippen LogP contribution is -2.36. The molecule has 134 valence electrons. The zero-order valence-electron chi connectivity index (χ0n) is 14.4. The molecule has 0 N–H and O–H groups in total. The highest BCUT2D eigenvalue weighted by atomic mass is 32.1. The van der Waals surface area contributed by atoms with Crippen molar-refractivity contribution >= 4 is 23.3 Å². The summed E-state index contributed by atoms with van der Waals surface area (Å²) in [5.41, 5.74) is 2.02. The molecule has 26 heavy (non-hydrogen) atoms. The quantitative estimate of drug-likeness (QED) is 0.708. The fraction of sp³-hybridized carbons (Fsp3) is 0.316. The molecule has 1 aromatic carbocycles. The van der Waals surface area contributed by atoms with E-state index in [-0.39, 0.29) is 5.91 Å². The summed E-state index contributed by atoms with van der Waals surface area (Å²) in [6.07, 6.45) is 1.36. The molecule has 1 aliphatic rings. The molecule has 0 bridgehead atoms. The number of nitrogens with zero attached hydrogens (tertiary/aromatic N) is 4. The van der Waals surface area contributed by atoms with Crippen LogP contribution in [0.1, 0.15) is 12.0 Å². The first-order valence-corrected chi connectivity index (χ1v) is 9.67. The molecule has 0 aliphatic carbocycles. The fourth-order valence-electron chi connectivity index (χ4n) is 3.09. The van der Waals surface area contributed by atoms with Crippen LogP contribution in [0, 0.1) is 0 Å². The predicted octanol–water partition coefficient (Wildman–Crippen LogP) is 3.08. The van der Waals surface area contributed by atoms with Gasteiger partial charge in [-0.1, -0.05) is 35.5 Å². The number of benzene rings is 1. The summed E-state index contributed by atoms with van der Waals surface area (Å²) in [6, 6.07) is 12.3. The third-order valence-electron chi connectivity index (χ3n) is 4.50. The van der Waals surface area contributed by atoms with Crippen molar-refractivity contribution in [2.45, 2.75) is 12.8 Å². The number of carbonyl (C=O) groups is 1. The minimum Gasteiger partial charge on any atom is -0.341 e. The van der Waals surface area contributed by atoms with E-state index >= 15 is 0 Å². The molecule has 1 amide bonds. The molecule has 3 heterocycles. The van der Waals surface area contributed by atoms with E-state index in [1.54, 1.807) is 11.3 Å². The number of thiophene rings is 1. The Morgan fingerprint density at radius 3 is 2.81 bits per heavy atom. The van der Waals surface area contributed by atoms with Gasteiger partial charge in [-0.2, -0.15) is 16.3 Å². The number of amides is 1. The molecule has 1 fully saturated rings. The monoisotopic (exact) mass is 368 g/mol. The van der Waals surface area contributed by atoms with Gasteiger partial charge in [-0.25, -0.2) is 0 Å². The number of aromatic nitrogens is 2. The van der Waals surface area contributed by atoms with Crippen LogP contribution >= 0.6 is 11.3 Å². The summed E-state index contributed by atoms with van der Waals surface area (Å²) >= 11 is 1.62. The lowest BCUT2D eigenvalue weighted by molar-refractivity contribution is -0.130. The smallest absolute Gasteiger partial charge is 0.324 e. The summed E-state index contributed by atoms with van der Waals surface area (Å²) < 4.78 is 5.46. The largest absolute Gasteiger partial charge is 0.341 e. The summed E-state index contributed by atoms with van der Waals surface area (Å²) in [4.78, 5) is 21.0. The van der Waals surface area contributed by atoms with Crippen LogP contribution in [-0.4, -0.2) is 47.1 Å². The summed E-state index contributed by atoms with van der Waals surface area (Å²) in [7, 11) is 0. The number of rotatable bonds is 4. The predicted molar refractivity (Wildman–Crippen MR) is 101 cm³/mol.